The second kappa shape index (κ2) is 10.6. The van der Waals surface area contributed by atoms with Crippen LogP contribution in [0.25, 0.3) is 5.57 Å². The molecule has 15 heteroatoms. The Hall–Kier alpha value is -1.86. The number of amides is 2. The zero-order chi connectivity index (χ0) is 25.3. The molecule has 0 fully saturated rings. The predicted molar refractivity (Wildman–Crippen MR) is 134 cm³/mol. The van der Waals surface area contributed by atoms with Crippen molar-refractivity contribution < 1.29 is 22.3 Å². The normalized spacial score (nSPS) is 15.0. The molecule has 3 aromatic rings. The van der Waals surface area contributed by atoms with Crippen LogP contribution in [0.3, 0.4) is 0 Å². The number of ether oxygens (including phenoxy) is 1. The van der Waals surface area contributed by atoms with E-state index in [-0.39, 0.29) is 38.9 Å². The third-order valence-electron chi connectivity index (χ3n) is 4.89. The summed E-state index contributed by atoms with van der Waals surface area (Å²) in [6.07, 6.45) is 1.57. The highest BCUT2D eigenvalue weighted by molar-refractivity contribution is 7.92. The molecule has 2 amide bonds. The number of hydrogen-bond acceptors (Lipinski definition) is 6. The standard InChI is InChI=1S/C20H15Cl4FN4O4S2/c21-12-2-1-10(14(22)3-12)7-29-18-11(5-27-29)8-33-9-13(18)16(25)6-26-20(30)28-35(31,32)17-4-15(23)19(24)34-17/h1-5H,6-9H2,(H2,26,28,30)/b16-13+. The van der Waals surface area contributed by atoms with Gasteiger partial charge in [-0.3, -0.25) is 4.68 Å². The number of carbonyl (C=O) groups is 1. The molecule has 1 aromatic carbocycles. The van der Waals surface area contributed by atoms with Crippen molar-refractivity contribution in [1.82, 2.24) is 19.8 Å². The van der Waals surface area contributed by atoms with Gasteiger partial charge in [-0.2, -0.15) is 5.10 Å². The van der Waals surface area contributed by atoms with Gasteiger partial charge in [-0.1, -0.05) is 52.5 Å². The summed E-state index contributed by atoms with van der Waals surface area (Å²) in [5.74, 6) is -0.718. The van der Waals surface area contributed by atoms with Crippen LogP contribution in [0, 0.1) is 0 Å². The molecule has 0 aliphatic carbocycles. The minimum Gasteiger partial charge on any atom is -0.372 e. The molecule has 0 saturated heterocycles. The van der Waals surface area contributed by atoms with E-state index in [0.29, 0.717) is 32.6 Å². The topological polar surface area (TPSA) is 102 Å². The van der Waals surface area contributed by atoms with Gasteiger partial charge in [-0.05, 0) is 23.8 Å². The fraction of sp³-hybridized carbons (Fsp3) is 0.200. The minimum absolute atomic E-state index is 0.0397. The van der Waals surface area contributed by atoms with E-state index in [1.807, 2.05) is 0 Å². The number of sulfonamides is 1. The molecule has 0 saturated carbocycles. The Labute approximate surface area is 223 Å². The van der Waals surface area contributed by atoms with E-state index < -0.39 is 28.4 Å². The number of halogens is 5. The maximum absolute atomic E-state index is 15.2. The Kier molecular flexibility index (Phi) is 7.96. The van der Waals surface area contributed by atoms with Crippen molar-refractivity contribution in [1.29, 1.82) is 0 Å². The molecule has 0 atom stereocenters. The maximum atomic E-state index is 15.2. The van der Waals surface area contributed by atoms with Crippen LogP contribution in [0.4, 0.5) is 9.18 Å². The highest BCUT2D eigenvalue weighted by atomic mass is 35.5. The van der Waals surface area contributed by atoms with Crippen LogP contribution in [0.2, 0.25) is 19.4 Å². The number of aromatic nitrogens is 2. The summed E-state index contributed by atoms with van der Waals surface area (Å²) in [5.41, 5.74) is 2.06. The average Bonchev–Trinajstić information content (AvgIpc) is 3.37. The zero-order valence-corrected chi connectivity index (χ0v) is 22.1. The Morgan fingerprint density at radius 1 is 1.17 bits per heavy atom. The lowest BCUT2D eigenvalue weighted by atomic mass is 10.1. The molecular formula is C20H15Cl4FN4O4S2. The molecule has 35 heavy (non-hydrogen) atoms. The van der Waals surface area contributed by atoms with Crippen LogP contribution < -0.4 is 10.0 Å². The van der Waals surface area contributed by atoms with Gasteiger partial charge in [-0.25, -0.2) is 22.3 Å². The molecule has 2 aromatic heterocycles. The van der Waals surface area contributed by atoms with E-state index in [9.17, 15) is 13.2 Å². The van der Waals surface area contributed by atoms with Crippen LogP contribution >= 0.6 is 57.7 Å². The Morgan fingerprint density at radius 2 is 1.94 bits per heavy atom. The monoisotopic (exact) mass is 598 g/mol. The highest BCUT2D eigenvalue weighted by Gasteiger charge is 2.26. The molecule has 8 nitrogen and oxygen atoms in total. The minimum atomic E-state index is -4.23. The van der Waals surface area contributed by atoms with Crippen molar-refractivity contribution in [2.75, 3.05) is 13.2 Å². The maximum Gasteiger partial charge on any atom is 0.329 e. The molecule has 186 valence electrons. The number of thiophene rings is 1. The van der Waals surface area contributed by atoms with E-state index in [1.165, 1.54) is 0 Å². The van der Waals surface area contributed by atoms with Crippen molar-refractivity contribution in [3.63, 3.8) is 0 Å². The lowest BCUT2D eigenvalue weighted by Gasteiger charge is -2.20. The highest BCUT2D eigenvalue weighted by Crippen LogP contribution is 2.34. The number of benzene rings is 1. The molecule has 4 rings (SSSR count). The first-order chi connectivity index (χ1) is 16.5. The van der Waals surface area contributed by atoms with Crippen molar-refractivity contribution in [3.05, 3.63) is 72.5 Å². The largest absolute Gasteiger partial charge is 0.372 e. The quantitative estimate of drug-likeness (QED) is 0.389. The van der Waals surface area contributed by atoms with Crippen LogP contribution in [0.5, 0.6) is 0 Å². The van der Waals surface area contributed by atoms with E-state index in [1.54, 1.807) is 33.8 Å². The van der Waals surface area contributed by atoms with E-state index in [2.05, 4.69) is 10.4 Å². The summed E-state index contributed by atoms with van der Waals surface area (Å²) < 4.78 is 48.4. The van der Waals surface area contributed by atoms with Crippen LogP contribution in [0.15, 0.2) is 40.5 Å². The lowest BCUT2D eigenvalue weighted by molar-refractivity contribution is 0.144. The summed E-state index contributed by atoms with van der Waals surface area (Å²) in [6, 6.07) is 5.02. The average molecular weight is 600 g/mol. The summed E-state index contributed by atoms with van der Waals surface area (Å²) in [6.45, 7) is -0.163. The van der Waals surface area contributed by atoms with Gasteiger partial charge >= 0.3 is 6.03 Å². The molecule has 0 bridgehead atoms. The second-order valence-corrected chi connectivity index (χ2v) is 12.1. The van der Waals surface area contributed by atoms with Gasteiger partial charge in [0.1, 0.15) is 14.4 Å². The first kappa shape index (κ1) is 26.2. The third-order valence-corrected chi connectivity index (χ3v) is 9.14. The number of urea groups is 1. The molecule has 0 unspecified atom stereocenters. The first-order valence-corrected chi connectivity index (χ1v) is 13.6. The van der Waals surface area contributed by atoms with E-state index >= 15 is 4.39 Å². The summed E-state index contributed by atoms with van der Waals surface area (Å²) >= 11 is 24.5. The van der Waals surface area contributed by atoms with Gasteiger partial charge in [0.05, 0.1) is 43.2 Å². The van der Waals surface area contributed by atoms with Crippen molar-refractivity contribution >= 4 is 79.4 Å². The molecule has 2 N–H and O–H groups in total. The van der Waals surface area contributed by atoms with Crippen molar-refractivity contribution in [3.8, 4) is 0 Å². The molecule has 1 aliphatic heterocycles. The van der Waals surface area contributed by atoms with E-state index in [0.717, 1.165) is 11.6 Å². The van der Waals surface area contributed by atoms with Crippen LogP contribution in [0.1, 0.15) is 16.8 Å². The summed E-state index contributed by atoms with van der Waals surface area (Å²) in [7, 11) is -4.23. The number of fused-ring (bicyclic) bond motifs is 1. The zero-order valence-electron chi connectivity index (χ0n) is 17.4. The van der Waals surface area contributed by atoms with Gasteiger partial charge in [0.15, 0.2) is 0 Å². The Bertz CT molecular complexity index is 1420. The SMILES string of the molecule is O=C(NC/C(F)=C1/COCc2cnn(Cc3ccc(Cl)cc3Cl)c21)NS(=O)(=O)c1cc(Cl)c(Cl)s1. The van der Waals surface area contributed by atoms with Crippen LogP contribution in [-0.4, -0.2) is 37.4 Å². The number of rotatable bonds is 6. The van der Waals surface area contributed by atoms with Gasteiger partial charge in [-0.15, -0.1) is 11.3 Å². The van der Waals surface area contributed by atoms with Gasteiger partial charge in [0, 0.05) is 21.2 Å². The fourth-order valence-electron chi connectivity index (χ4n) is 3.28. The predicted octanol–water partition coefficient (Wildman–Crippen LogP) is 5.51. The molecule has 1 aliphatic rings. The fourth-order valence-corrected chi connectivity index (χ4v) is 6.56. The second-order valence-electron chi connectivity index (χ2n) is 7.26. The van der Waals surface area contributed by atoms with Crippen LogP contribution in [-0.2, 0) is 27.9 Å². The number of carbonyl (C=O) groups excluding carboxylic acids is 1. The molecule has 0 spiro atoms. The third kappa shape index (κ3) is 5.93. The van der Waals surface area contributed by atoms with E-state index in [4.69, 9.17) is 51.1 Å². The lowest BCUT2D eigenvalue weighted by Crippen LogP contribution is -2.39. The molecule has 3 heterocycles. The smallest absolute Gasteiger partial charge is 0.329 e. The number of nitrogens with zero attached hydrogens (tertiary/aromatic N) is 2. The summed E-state index contributed by atoms with van der Waals surface area (Å²) in [4.78, 5) is 12.2. The van der Waals surface area contributed by atoms with Crippen molar-refractivity contribution in [2.24, 2.45) is 0 Å². The van der Waals surface area contributed by atoms with Gasteiger partial charge < -0.3 is 10.1 Å². The summed E-state index contributed by atoms with van der Waals surface area (Å²) in [5, 5.41) is 7.47. The van der Waals surface area contributed by atoms with Gasteiger partial charge in [0.25, 0.3) is 10.0 Å². The number of hydrogen-bond donors (Lipinski definition) is 2. The Balaban J connectivity index is 1.50. The van der Waals surface area contributed by atoms with Gasteiger partial charge in [0.2, 0.25) is 0 Å². The van der Waals surface area contributed by atoms with Crippen molar-refractivity contribution in [2.45, 2.75) is 17.4 Å². The number of nitrogens with one attached hydrogen (secondary N) is 2. The Morgan fingerprint density at radius 3 is 2.63 bits per heavy atom. The molecule has 0 radical (unpaired) electrons. The first-order valence-electron chi connectivity index (χ1n) is 9.75. The molecular weight excluding hydrogens is 585 g/mol.